The Morgan fingerprint density at radius 2 is 1.62 bits per heavy atom. The van der Waals surface area contributed by atoms with Crippen LogP contribution in [0, 0.1) is 0 Å². The molecule has 1 atom stereocenters. The highest BCUT2D eigenvalue weighted by molar-refractivity contribution is 5.91. The van der Waals surface area contributed by atoms with Crippen molar-refractivity contribution >= 4 is 5.97 Å². The molecular weight excluding hydrogens is 310 g/mol. The van der Waals surface area contributed by atoms with Gasteiger partial charge in [0.1, 0.15) is 6.10 Å². The van der Waals surface area contributed by atoms with E-state index >= 15 is 0 Å². The largest absolute Gasteiger partial charge is 0.493 e. The summed E-state index contributed by atoms with van der Waals surface area (Å²) in [6.07, 6.45) is 3.55. The summed E-state index contributed by atoms with van der Waals surface area (Å²) < 4.78 is 21.4. The molecule has 1 aromatic rings. The summed E-state index contributed by atoms with van der Waals surface area (Å²) in [5.41, 5.74) is 0.384. The van der Waals surface area contributed by atoms with Gasteiger partial charge in [-0.25, -0.2) is 4.79 Å². The topological polar surface area (TPSA) is 57.2 Å². The Hall–Kier alpha value is -1.95. The number of likely N-dealkylation sites (tertiary alicyclic amines) is 1. The van der Waals surface area contributed by atoms with E-state index in [0.717, 1.165) is 19.6 Å². The van der Waals surface area contributed by atoms with E-state index < -0.39 is 5.97 Å². The molecule has 2 rings (SSSR count). The van der Waals surface area contributed by atoms with Gasteiger partial charge in [0, 0.05) is 6.54 Å². The Labute approximate surface area is 143 Å². The van der Waals surface area contributed by atoms with Crippen molar-refractivity contribution in [1.82, 2.24) is 4.90 Å². The molecule has 1 aliphatic heterocycles. The number of esters is 1. The lowest BCUT2D eigenvalue weighted by atomic mass is 10.1. The van der Waals surface area contributed by atoms with Crippen molar-refractivity contribution in [2.24, 2.45) is 0 Å². The van der Waals surface area contributed by atoms with Crippen LogP contribution in [0.3, 0.4) is 0 Å². The third kappa shape index (κ3) is 4.54. The predicted molar refractivity (Wildman–Crippen MR) is 91.3 cm³/mol. The summed E-state index contributed by atoms with van der Waals surface area (Å²) in [5.74, 6) is 0.941. The van der Waals surface area contributed by atoms with Gasteiger partial charge in [-0.2, -0.15) is 0 Å². The average molecular weight is 337 g/mol. The van der Waals surface area contributed by atoms with Crippen LogP contribution in [0.15, 0.2) is 12.1 Å². The molecule has 0 amide bonds. The van der Waals surface area contributed by atoms with Crippen molar-refractivity contribution in [2.45, 2.75) is 32.3 Å². The first-order valence-corrected chi connectivity index (χ1v) is 8.32. The smallest absolute Gasteiger partial charge is 0.338 e. The van der Waals surface area contributed by atoms with Gasteiger partial charge in [-0.15, -0.1) is 0 Å². The molecule has 134 valence electrons. The van der Waals surface area contributed by atoms with E-state index in [9.17, 15) is 4.79 Å². The van der Waals surface area contributed by atoms with Crippen LogP contribution in [-0.2, 0) is 4.74 Å². The minimum absolute atomic E-state index is 0.172. The van der Waals surface area contributed by atoms with E-state index in [2.05, 4.69) is 4.90 Å². The lowest BCUT2D eigenvalue weighted by Crippen LogP contribution is -2.37. The Morgan fingerprint density at radius 1 is 1.04 bits per heavy atom. The molecule has 24 heavy (non-hydrogen) atoms. The second-order valence-electron chi connectivity index (χ2n) is 5.99. The van der Waals surface area contributed by atoms with Crippen LogP contribution in [0.1, 0.15) is 36.5 Å². The van der Waals surface area contributed by atoms with Gasteiger partial charge in [-0.3, -0.25) is 4.90 Å². The molecule has 0 unspecified atom stereocenters. The zero-order chi connectivity index (χ0) is 17.5. The van der Waals surface area contributed by atoms with Gasteiger partial charge in [-0.05, 0) is 45.0 Å². The molecule has 0 N–H and O–H groups in total. The van der Waals surface area contributed by atoms with Gasteiger partial charge in [-0.1, -0.05) is 6.42 Å². The maximum atomic E-state index is 12.4. The minimum atomic E-state index is -0.390. The van der Waals surface area contributed by atoms with Crippen molar-refractivity contribution in [3.05, 3.63) is 17.7 Å². The Kier molecular flexibility index (Phi) is 6.73. The molecular formula is C18H27NO5. The highest BCUT2D eigenvalue weighted by Gasteiger charge is 2.21. The van der Waals surface area contributed by atoms with Crippen LogP contribution in [0.25, 0.3) is 0 Å². The molecule has 1 heterocycles. The van der Waals surface area contributed by atoms with E-state index in [0.29, 0.717) is 22.8 Å². The molecule has 0 saturated carbocycles. The highest BCUT2D eigenvalue weighted by atomic mass is 16.5. The number of hydrogen-bond donors (Lipinski definition) is 0. The minimum Gasteiger partial charge on any atom is -0.493 e. The van der Waals surface area contributed by atoms with E-state index in [4.69, 9.17) is 18.9 Å². The van der Waals surface area contributed by atoms with E-state index in [1.807, 2.05) is 6.92 Å². The van der Waals surface area contributed by atoms with Crippen molar-refractivity contribution in [3.8, 4) is 17.2 Å². The predicted octanol–water partition coefficient (Wildman–Crippen LogP) is 2.74. The number of methoxy groups -OCH3 is 3. The van der Waals surface area contributed by atoms with Gasteiger partial charge in [0.2, 0.25) is 5.75 Å². The Bertz CT molecular complexity index is 529. The Balaban J connectivity index is 2.05. The average Bonchev–Trinajstić information content (AvgIpc) is 2.60. The van der Waals surface area contributed by atoms with Crippen LogP contribution in [0.2, 0.25) is 0 Å². The molecule has 1 aromatic carbocycles. The molecule has 0 aromatic heterocycles. The first kappa shape index (κ1) is 18.4. The standard InChI is InChI=1S/C18H27NO5/c1-13(12-19-8-6-5-7-9-19)24-18(20)14-10-15(21-2)17(23-4)16(11-14)22-3/h10-11,13H,5-9,12H2,1-4H3/t13-/m0/s1. The maximum Gasteiger partial charge on any atom is 0.338 e. The molecule has 1 saturated heterocycles. The molecule has 0 aliphatic carbocycles. The van der Waals surface area contributed by atoms with Gasteiger partial charge in [0.15, 0.2) is 11.5 Å². The second-order valence-corrected chi connectivity index (χ2v) is 5.99. The molecule has 0 bridgehead atoms. The van der Waals surface area contributed by atoms with E-state index in [1.54, 1.807) is 12.1 Å². The van der Waals surface area contributed by atoms with Crippen molar-refractivity contribution < 1.29 is 23.7 Å². The SMILES string of the molecule is COc1cc(C(=O)O[C@@H](C)CN2CCCCC2)cc(OC)c1OC. The molecule has 6 heteroatoms. The first-order chi connectivity index (χ1) is 11.6. The van der Waals surface area contributed by atoms with Crippen LogP contribution in [-0.4, -0.2) is 57.9 Å². The summed E-state index contributed by atoms with van der Waals surface area (Å²) in [4.78, 5) is 14.8. The van der Waals surface area contributed by atoms with Gasteiger partial charge >= 0.3 is 5.97 Å². The number of nitrogens with zero attached hydrogens (tertiary/aromatic N) is 1. The first-order valence-electron chi connectivity index (χ1n) is 8.32. The third-order valence-corrected chi connectivity index (χ3v) is 4.17. The number of piperidine rings is 1. The van der Waals surface area contributed by atoms with Gasteiger partial charge < -0.3 is 18.9 Å². The maximum absolute atomic E-state index is 12.4. The third-order valence-electron chi connectivity index (χ3n) is 4.17. The number of carbonyl (C=O) groups is 1. The summed E-state index contributed by atoms with van der Waals surface area (Å²) in [6.45, 7) is 4.83. The van der Waals surface area contributed by atoms with Crippen molar-refractivity contribution in [3.63, 3.8) is 0 Å². The highest BCUT2D eigenvalue weighted by Crippen LogP contribution is 2.38. The number of benzene rings is 1. The summed E-state index contributed by atoms with van der Waals surface area (Å²) in [7, 11) is 4.57. The van der Waals surface area contributed by atoms with E-state index in [-0.39, 0.29) is 6.10 Å². The molecule has 1 fully saturated rings. The van der Waals surface area contributed by atoms with Gasteiger partial charge in [0.25, 0.3) is 0 Å². The van der Waals surface area contributed by atoms with E-state index in [1.165, 1.54) is 40.6 Å². The molecule has 1 aliphatic rings. The zero-order valence-electron chi connectivity index (χ0n) is 15.0. The quantitative estimate of drug-likeness (QED) is 0.713. The Morgan fingerprint density at radius 3 is 2.12 bits per heavy atom. The number of hydrogen-bond acceptors (Lipinski definition) is 6. The van der Waals surface area contributed by atoms with Crippen LogP contribution in [0.4, 0.5) is 0 Å². The summed E-state index contributed by atoms with van der Waals surface area (Å²) >= 11 is 0. The van der Waals surface area contributed by atoms with Crippen LogP contribution >= 0.6 is 0 Å². The molecule has 0 radical (unpaired) electrons. The normalized spacial score (nSPS) is 16.3. The van der Waals surface area contributed by atoms with Crippen molar-refractivity contribution in [2.75, 3.05) is 41.0 Å². The van der Waals surface area contributed by atoms with Crippen molar-refractivity contribution in [1.29, 1.82) is 0 Å². The lowest BCUT2D eigenvalue weighted by Gasteiger charge is -2.28. The fourth-order valence-corrected chi connectivity index (χ4v) is 2.99. The molecule has 6 nitrogen and oxygen atoms in total. The number of carbonyl (C=O) groups excluding carboxylic acids is 1. The molecule has 0 spiro atoms. The number of ether oxygens (including phenoxy) is 4. The number of rotatable bonds is 7. The zero-order valence-corrected chi connectivity index (χ0v) is 15.0. The lowest BCUT2D eigenvalue weighted by molar-refractivity contribution is 0.0235. The fourth-order valence-electron chi connectivity index (χ4n) is 2.99. The monoisotopic (exact) mass is 337 g/mol. The van der Waals surface area contributed by atoms with Gasteiger partial charge in [0.05, 0.1) is 26.9 Å². The summed E-state index contributed by atoms with van der Waals surface area (Å²) in [6, 6.07) is 3.22. The summed E-state index contributed by atoms with van der Waals surface area (Å²) in [5, 5.41) is 0. The second kappa shape index (κ2) is 8.78. The van der Waals surface area contributed by atoms with Crippen LogP contribution < -0.4 is 14.2 Å². The fraction of sp³-hybridized carbons (Fsp3) is 0.611. The van der Waals surface area contributed by atoms with Crippen LogP contribution in [0.5, 0.6) is 17.2 Å².